The maximum absolute atomic E-state index is 10.3. The molecule has 2 aromatic heterocycles. The Labute approximate surface area is 224 Å². The molecule has 38 heavy (non-hydrogen) atoms. The van der Waals surface area contributed by atoms with Crippen molar-refractivity contribution >= 4 is 40.5 Å². The second-order valence-corrected chi connectivity index (χ2v) is 10.4. The molecule has 3 aromatic rings. The summed E-state index contributed by atoms with van der Waals surface area (Å²) >= 11 is 6.93. The third kappa shape index (κ3) is 4.57. The van der Waals surface area contributed by atoms with Crippen molar-refractivity contribution < 1.29 is 9.84 Å². The van der Waals surface area contributed by atoms with E-state index >= 15 is 0 Å². The molecule has 3 N–H and O–H groups in total. The molecular formula is C25H27ClN10O2. The fourth-order valence-corrected chi connectivity index (χ4v) is 5.40. The Morgan fingerprint density at radius 3 is 2.68 bits per heavy atom. The number of nitriles is 2. The van der Waals surface area contributed by atoms with Crippen LogP contribution in [-0.2, 0) is 4.74 Å². The van der Waals surface area contributed by atoms with Gasteiger partial charge in [0.1, 0.15) is 11.6 Å². The van der Waals surface area contributed by atoms with Crippen LogP contribution in [0.1, 0.15) is 30.9 Å². The van der Waals surface area contributed by atoms with Crippen LogP contribution < -0.4 is 15.5 Å². The Hall–Kier alpha value is -3.68. The number of rotatable bonds is 6. The number of ether oxygens (including phenoxy) is 1. The van der Waals surface area contributed by atoms with E-state index in [1.165, 1.54) is 10.7 Å². The Kier molecular flexibility index (Phi) is 6.41. The van der Waals surface area contributed by atoms with Crippen LogP contribution in [0.2, 0.25) is 5.02 Å². The van der Waals surface area contributed by atoms with Crippen molar-refractivity contribution in [3.8, 4) is 12.1 Å². The second-order valence-electron chi connectivity index (χ2n) is 10.00. The molecule has 3 fully saturated rings. The number of hydrogen-bond donors (Lipinski definition) is 3. The van der Waals surface area contributed by atoms with Gasteiger partial charge < -0.3 is 25.4 Å². The van der Waals surface area contributed by atoms with Crippen LogP contribution >= 0.6 is 11.6 Å². The van der Waals surface area contributed by atoms with E-state index in [0.29, 0.717) is 59.2 Å². The lowest BCUT2D eigenvalue weighted by Gasteiger charge is -2.44. The van der Waals surface area contributed by atoms with Crippen LogP contribution in [0.15, 0.2) is 18.3 Å². The first kappa shape index (κ1) is 24.6. The van der Waals surface area contributed by atoms with Crippen molar-refractivity contribution in [3.05, 3.63) is 34.5 Å². The van der Waals surface area contributed by atoms with Crippen LogP contribution in [0.25, 0.3) is 5.65 Å². The van der Waals surface area contributed by atoms with E-state index in [4.69, 9.17) is 16.3 Å². The van der Waals surface area contributed by atoms with E-state index in [0.717, 1.165) is 31.6 Å². The summed E-state index contributed by atoms with van der Waals surface area (Å²) in [5.74, 6) is 0.728. The molecule has 12 nitrogen and oxygen atoms in total. The molecule has 2 saturated heterocycles. The van der Waals surface area contributed by atoms with E-state index in [9.17, 15) is 15.6 Å². The molecule has 0 spiro atoms. The van der Waals surface area contributed by atoms with E-state index in [-0.39, 0.29) is 18.0 Å². The molecule has 0 amide bonds. The van der Waals surface area contributed by atoms with Gasteiger partial charge in [-0.05, 0) is 31.9 Å². The molecule has 0 bridgehead atoms. The fraction of sp³-hybridized carbons (Fsp3) is 0.480. The highest BCUT2D eigenvalue weighted by Crippen LogP contribution is 2.38. The van der Waals surface area contributed by atoms with E-state index in [1.807, 2.05) is 0 Å². The number of aliphatic hydroxyl groups is 1. The number of fused-ring (bicyclic) bond motifs is 1. The first-order valence-corrected chi connectivity index (χ1v) is 13.0. The van der Waals surface area contributed by atoms with Crippen molar-refractivity contribution in [2.24, 2.45) is 0 Å². The molecule has 2 aliphatic heterocycles. The number of hydrogen-bond acceptors (Lipinski definition) is 11. The topological polar surface area (TPSA) is 151 Å². The summed E-state index contributed by atoms with van der Waals surface area (Å²) in [6.07, 6.45) is 3.06. The SMILES string of the molecule is C[C@H]1CN(C2COCC2O)CCN1c1cc(C#N)cc(Nc2nc(NC3CC3)n3ncc(C#N)c3n2)c1Cl. The highest BCUT2D eigenvalue weighted by molar-refractivity contribution is 6.36. The van der Waals surface area contributed by atoms with Crippen molar-refractivity contribution in [1.29, 1.82) is 10.5 Å². The van der Waals surface area contributed by atoms with Crippen LogP contribution in [0.3, 0.4) is 0 Å². The normalized spacial score (nSPS) is 23.8. The number of piperazine rings is 1. The van der Waals surface area contributed by atoms with Crippen molar-refractivity contribution in [2.45, 2.75) is 44.0 Å². The van der Waals surface area contributed by atoms with Gasteiger partial charge in [-0.3, -0.25) is 4.90 Å². The summed E-state index contributed by atoms with van der Waals surface area (Å²) in [7, 11) is 0. The number of halogens is 1. The molecule has 3 aliphatic rings. The number of nitrogens with zero attached hydrogens (tertiary/aromatic N) is 8. The number of aromatic nitrogens is 4. The zero-order valence-corrected chi connectivity index (χ0v) is 21.6. The van der Waals surface area contributed by atoms with Gasteiger partial charge >= 0.3 is 0 Å². The lowest BCUT2D eigenvalue weighted by molar-refractivity contribution is 0.0713. The summed E-state index contributed by atoms with van der Waals surface area (Å²) in [4.78, 5) is 13.6. The van der Waals surface area contributed by atoms with Crippen LogP contribution in [0.5, 0.6) is 0 Å². The van der Waals surface area contributed by atoms with Crippen molar-refractivity contribution in [2.75, 3.05) is 48.4 Å². The Bertz CT molecular complexity index is 1460. The minimum absolute atomic E-state index is 0.00917. The van der Waals surface area contributed by atoms with Gasteiger partial charge in [-0.15, -0.1) is 0 Å². The molecule has 2 unspecified atom stereocenters. The predicted octanol–water partition coefficient (Wildman–Crippen LogP) is 2.11. The maximum atomic E-state index is 10.3. The quantitative estimate of drug-likeness (QED) is 0.426. The van der Waals surface area contributed by atoms with Crippen molar-refractivity contribution in [3.63, 3.8) is 0 Å². The number of aliphatic hydroxyl groups excluding tert-OH is 1. The number of anilines is 4. The predicted molar refractivity (Wildman–Crippen MR) is 141 cm³/mol. The highest BCUT2D eigenvalue weighted by atomic mass is 35.5. The van der Waals surface area contributed by atoms with Crippen LogP contribution in [0, 0.1) is 22.7 Å². The molecule has 13 heteroatoms. The first-order chi connectivity index (χ1) is 18.4. The fourth-order valence-electron chi connectivity index (χ4n) is 5.14. The third-order valence-electron chi connectivity index (χ3n) is 7.29. The molecular weight excluding hydrogens is 508 g/mol. The minimum atomic E-state index is -0.482. The van der Waals surface area contributed by atoms with E-state index in [1.54, 1.807) is 12.1 Å². The molecule has 1 saturated carbocycles. The monoisotopic (exact) mass is 534 g/mol. The summed E-state index contributed by atoms with van der Waals surface area (Å²) in [5, 5.41) is 40.8. The Morgan fingerprint density at radius 2 is 2.00 bits per heavy atom. The lowest BCUT2D eigenvalue weighted by atomic mass is 10.1. The largest absolute Gasteiger partial charge is 0.389 e. The molecule has 1 aliphatic carbocycles. The van der Waals surface area contributed by atoms with E-state index in [2.05, 4.69) is 54.6 Å². The number of nitrogens with one attached hydrogen (secondary N) is 2. The Balaban J connectivity index is 1.31. The van der Waals surface area contributed by atoms with Crippen LogP contribution in [0.4, 0.5) is 23.3 Å². The minimum Gasteiger partial charge on any atom is -0.389 e. The molecule has 3 atom stereocenters. The lowest BCUT2D eigenvalue weighted by Crippen LogP contribution is -2.57. The molecule has 196 valence electrons. The van der Waals surface area contributed by atoms with Gasteiger partial charge in [-0.25, -0.2) is 0 Å². The van der Waals surface area contributed by atoms with Crippen molar-refractivity contribution in [1.82, 2.24) is 24.5 Å². The van der Waals surface area contributed by atoms with Gasteiger partial charge in [0.05, 0.1) is 59.6 Å². The third-order valence-corrected chi connectivity index (χ3v) is 7.68. The molecule has 6 rings (SSSR count). The van der Waals surface area contributed by atoms with Gasteiger partial charge in [0, 0.05) is 31.7 Å². The average molecular weight is 535 g/mol. The Morgan fingerprint density at radius 1 is 1.16 bits per heavy atom. The number of benzene rings is 1. The van der Waals surface area contributed by atoms with Gasteiger partial charge in [0.15, 0.2) is 5.65 Å². The molecule has 1 aromatic carbocycles. The maximum Gasteiger partial charge on any atom is 0.232 e. The van der Waals surface area contributed by atoms with Gasteiger partial charge in [-0.1, -0.05) is 11.6 Å². The highest BCUT2D eigenvalue weighted by Gasteiger charge is 2.36. The van der Waals surface area contributed by atoms with E-state index < -0.39 is 6.10 Å². The average Bonchev–Trinajstić information content (AvgIpc) is 3.46. The summed E-state index contributed by atoms with van der Waals surface area (Å²) in [6.45, 7) is 5.14. The first-order valence-electron chi connectivity index (χ1n) is 12.6. The summed E-state index contributed by atoms with van der Waals surface area (Å²) in [5.41, 5.74) is 2.39. The molecule has 0 radical (unpaired) electrons. The smallest absolute Gasteiger partial charge is 0.232 e. The van der Waals surface area contributed by atoms with Gasteiger partial charge in [0.2, 0.25) is 11.9 Å². The van der Waals surface area contributed by atoms with Gasteiger partial charge in [-0.2, -0.15) is 30.1 Å². The standard InChI is InChI=1S/C25H27ClN10O2/c1-14-11-34(20-12-38-13-21(20)37)4-5-35(14)19-7-15(8-27)6-18(22(19)26)31-24-32-23-16(9-28)10-29-36(23)25(33-24)30-17-2-3-17/h6-7,10,14,17,20-21,37H,2-5,11-13H2,1H3,(H2,30,31,32,33)/t14-,20?,21?/m0/s1. The zero-order valence-electron chi connectivity index (χ0n) is 20.8. The zero-order chi connectivity index (χ0) is 26.4. The second kappa shape index (κ2) is 9.89. The summed E-state index contributed by atoms with van der Waals surface area (Å²) < 4.78 is 6.97. The van der Waals surface area contributed by atoms with Gasteiger partial charge in [0.25, 0.3) is 0 Å². The molecule has 4 heterocycles. The summed E-state index contributed by atoms with van der Waals surface area (Å²) in [6, 6.07) is 8.19. The van der Waals surface area contributed by atoms with Crippen LogP contribution in [-0.4, -0.2) is 86.7 Å².